The summed E-state index contributed by atoms with van der Waals surface area (Å²) in [5, 5.41) is 8.72. The Balaban J connectivity index is 2.52. The Morgan fingerprint density at radius 3 is 2.67 bits per heavy atom. The van der Waals surface area contributed by atoms with Gasteiger partial charge < -0.3 is 9.84 Å². The van der Waals surface area contributed by atoms with Crippen LogP contribution in [0.3, 0.4) is 0 Å². The summed E-state index contributed by atoms with van der Waals surface area (Å²) in [7, 11) is 1.24. The van der Waals surface area contributed by atoms with Crippen LogP contribution in [0.4, 0.5) is 4.39 Å². The summed E-state index contributed by atoms with van der Waals surface area (Å²) < 4.78 is 18.2. The summed E-state index contributed by atoms with van der Waals surface area (Å²) in [5.74, 6) is -2.64. The van der Waals surface area contributed by atoms with E-state index in [1.807, 2.05) is 0 Å². The van der Waals surface area contributed by atoms with Gasteiger partial charge in [0, 0.05) is 5.92 Å². The lowest BCUT2D eigenvalue weighted by Crippen LogP contribution is -2.10. The number of nitrogens with zero attached hydrogens (tertiary/aromatic N) is 2. The minimum atomic E-state index is -1.28. The number of aromatic nitrogens is 2. The third-order valence-corrected chi connectivity index (χ3v) is 2.20. The van der Waals surface area contributed by atoms with Crippen LogP contribution in [-0.2, 0) is 0 Å². The van der Waals surface area contributed by atoms with E-state index >= 15 is 0 Å². The fourth-order valence-corrected chi connectivity index (χ4v) is 1.30. The minimum absolute atomic E-state index is 0.0139. The van der Waals surface area contributed by atoms with Crippen LogP contribution in [0, 0.1) is 5.82 Å². The Labute approximate surface area is 84.9 Å². The smallest absolute Gasteiger partial charge is 0.374 e. The molecule has 0 spiro atoms. The number of methoxy groups -OCH3 is 1. The summed E-state index contributed by atoms with van der Waals surface area (Å²) in [6, 6.07) is 0. The molecule has 1 fully saturated rings. The average Bonchev–Trinajstić information content (AvgIpc) is 3.01. The van der Waals surface area contributed by atoms with E-state index in [2.05, 4.69) is 14.7 Å². The van der Waals surface area contributed by atoms with Crippen molar-refractivity contribution in [2.45, 2.75) is 18.8 Å². The van der Waals surface area contributed by atoms with Gasteiger partial charge in [-0.1, -0.05) is 0 Å². The molecule has 15 heavy (non-hydrogen) atoms. The van der Waals surface area contributed by atoms with Crippen LogP contribution in [0.1, 0.15) is 35.1 Å². The van der Waals surface area contributed by atoms with Crippen LogP contribution in [0.25, 0.3) is 0 Å². The van der Waals surface area contributed by atoms with Gasteiger partial charge >= 0.3 is 5.97 Å². The molecule has 0 atom stereocenters. The molecule has 5 nitrogen and oxygen atoms in total. The number of aromatic carboxylic acids is 1. The van der Waals surface area contributed by atoms with Crippen molar-refractivity contribution < 1.29 is 19.0 Å². The Morgan fingerprint density at radius 2 is 2.20 bits per heavy atom. The molecule has 0 saturated heterocycles. The molecule has 6 heteroatoms. The molecule has 80 valence electrons. The summed E-state index contributed by atoms with van der Waals surface area (Å²) in [4.78, 5) is 17.8. The molecule has 1 aromatic heterocycles. The molecule has 1 saturated carbocycles. The molecule has 0 amide bonds. The van der Waals surface area contributed by atoms with Crippen molar-refractivity contribution in [1.29, 1.82) is 0 Å². The Kier molecular flexibility index (Phi) is 2.26. The van der Waals surface area contributed by atoms with Crippen LogP contribution < -0.4 is 4.74 Å². The molecule has 1 aliphatic rings. The normalized spacial score (nSPS) is 15.1. The van der Waals surface area contributed by atoms with Gasteiger partial charge in [-0.05, 0) is 12.8 Å². The molecular formula is C9H9FN2O3. The summed E-state index contributed by atoms with van der Waals surface area (Å²) in [6.07, 6.45) is 1.66. The van der Waals surface area contributed by atoms with Gasteiger partial charge in [-0.15, -0.1) is 0 Å². The van der Waals surface area contributed by atoms with Gasteiger partial charge in [0.25, 0.3) is 5.88 Å². The van der Waals surface area contributed by atoms with E-state index in [1.54, 1.807) is 0 Å². The predicted molar refractivity (Wildman–Crippen MR) is 47.5 cm³/mol. The summed E-state index contributed by atoms with van der Waals surface area (Å²) >= 11 is 0. The highest BCUT2D eigenvalue weighted by atomic mass is 19.1. The van der Waals surface area contributed by atoms with Gasteiger partial charge in [0.15, 0.2) is 0 Å². The monoisotopic (exact) mass is 212 g/mol. The molecule has 1 N–H and O–H groups in total. The lowest BCUT2D eigenvalue weighted by atomic mass is 10.2. The number of carbonyl (C=O) groups is 1. The first-order valence-corrected chi connectivity index (χ1v) is 4.48. The molecule has 0 aliphatic heterocycles. The summed E-state index contributed by atoms with van der Waals surface area (Å²) in [6.45, 7) is 0. The van der Waals surface area contributed by atoms with Gasteiger partial charge in [-0.3, -0.25) is 0 Å². The first-order valence-electron chi connectivity index (χ1n) is 4.48. The van der Waals surface area contributed by atoms with Crippen molar-refractivity contribution in [1.82, 2.24) is 9.97 Å². The van der Waals surface area contributed by atoms with Gasteiger partial charge in [0.05, 0.1) is 12.8 Å². The van der Waals surface area contributed by atoms with E-state index < -0.39 is 17.6 Å². The van der Waals surface area contributed by atoms with Gasteiger partial charge in [0.1, 0.15) is 0 Å². The number of hydrogen-bond acceptors (Lipinski definition) is 4. The van der Waals surface area contributed by atoms with Crippen molar-refractivity contribution in [2.75, 3.05) is 7.11 Å². The van der Waals surface area contributed by atoms with E-state index in [1.165, 1.54) is 7.11 Å². The van der Waals surface area contributed by atoms with Crippen LogP contribution >= 0.6 is 0 Å². The second kappa shape index (κ2) is 3.45. The van der Waals surface area contributed by atoms with Gasteiger partial charge in [-0.25, -0.2) is 9.78 Å². The third-order valence-electron chi connectivity index (χ3n) is 2.20. The van der Waals surface area contributed by atoms with Gasteiger partial charge in [-0.2, -0.15) is 9.37 Å². The topological polar surface area (TPSA) is 72.3 Å². The molecule has 1 heterocycles. The first kappa shape index (κ1) is 9.82. The zero-order valence-electron chi connectivity index (χ0n) is 8.03. The number of carboxylic acids is 1. The Bertz CT molecular complexity index is 418. The maximum absolute atomic E-state index is 13.6. The molecule has 1 aromatic rings. The van der Waals surface area contributed by atoms with E-state index in [0.717, 1.165) is 12.8 Å². The predicted octanol–water partition coefficient (Wildman–Crippen LogP) is 1.20. The van der Waals surface area contributed by atoms with Crippen molar-refractivity contribution in [3.8, 4) is 5.88 Å². The molecule has 0 unspecified atom stereocenters. The number of ether oxygens (including phenoxy) is 1. The van der Waals surface area contributed by atoms with Gasteiger partial charge in [0.2, 0.25) is 11.6 Å². The Morgan fingerprint density at radius 1 is 1.53 bits per heavy atom. The van der Waals surface area contributed by atoms with Crippen molar-refractivity contribution in [3.05, 3.63) is 17.3 Å². The first-order chi connectivity index (χ1) is 7.13. The number of carboxylic acid groups (broad SMARTS) is 1. The van der Waals surface area contributed by atoms with E-state index in [9.17, 15) is 9.18 Å². The maximum atomic E-state index is 13.6. The molecule has 0 bridgehead atoms. The average molecular weight is 212 g/mol. The highest BCUT2D eigenvalue weighted by molar-refractivity contribution is 5.83. The largest absolute Gasteiger partial charge is 0.479 e. The minimum Gasteiger partial charge on any atom is -0.479 e. The van der Waals surface area contributed by atoms with Crippen LogP contribution in [-0.4, -0.2) is 28.2 Å². The van der Waals surface area contributed by atoms with Crippen molar-refractivity contribution in [3.63, 3.8) is 0 Å². The van der Waals surface area contributed by atoms with Crippen LogP contribution in [0.5, 0.6) is 5.88 Å². The highest BCUT2D eigenvalue weighted by Crippen LogP contribution is 2.41. The fraction of sp³-hybridized carbons (Fsp3) is 0.444. The zero-order chi connectivity index (χ0) is 11.0. The van der Waals surface area contributed by atoms with Crippen LogP contribution in [0.15, 0.2) is 0 Å². The summed E-state index contributed by atoms with van der Waals surface area (Å²) in [5.41, 5.74) is 0.152. The molecular weight excluding hydrogens is 203 g/mol. The zero-order valence-corrected chi connectivity index (χ0v) is 8.03. The van der Waals surface area contributed by atoms with Crippen molar-refractivity contribution >= 4 is 5.97 Å². The standard InChI is InChI=1S/C9H9FN2O3/c1-15-8-5(10)6(4-2-3-4)11-7(12-8)9(13)14/h4H,2-3H2,1H3,(H,13,14). The third kappa shape index (κ3) is 1.74. The lowest BCUT2D eigenvalue weighted by molar-refractivity contribution is 0.0681. The molecule has 1 aliphatic carbocycles. The molecule has 2 rings (SSSR count). The van der Waals surface area contributed by atoms with E-state index in [4.69, 9.17) is 5.11 Å². The number of rotatable bonds is 3. The lowest BCUT2D eigenvalue weighted by Gasteiger charge is -2.05. The second-order valence-corrected chi connectivity index (χ2v) is 3.34. The van der Waals surface area contributed by atoms with Crippen molar-refractivity contribution in [2.24, 2.45) is 0 Å². The Hall–Kier alpha value is -1.72. The SMILES string of the molecule is COc1nc(C(=O)O)nc(C2CC2)c1F. The highest BCUT2D eigenvalue weighted by Gasteiger charge is 2.31. The van der Waals surface area contributed by atoms with Crippen LogP contribution in [0.2, 0.25) is 0 Å². The fourth-order valence-electron chi connectivity index (χ4n) is 1.30. The second-order valence-electron chi connectivity index (χ2n) is 3.34. The van der Waals surface area contributed by atoms with E-state index in [0.29, 0.717) is 0 Å². The van der Waals surface area contributed by atoms with E-state index in [-0.39, 0.29) is 17.5 Å². The quantitative estimate of drug-likeness (QED) is 0.814. The molecule has 0 aromatic carbocycles. The number of hydrogen-bond donors (Lipinski definition) is 1. The number of halogens is 1. The molecule has 0 radical (unpaired) electrons. The maximum Gasteiger partial charge on any atom is 0.374 e.